The smallest absolute Gasteiger partial charge is 0.418 e. The van der Waals surface area contributed by atoms with Gasteiger partial charge in [0, 0.05) is 17.7 Å². The minimum Gasteiger partial charge on any atom is -0.466 e. The van der Waals surface area contributed by atoms with E-state index in [2.05, 4.69) is 0 Å². The van der Waals surface area contributed by atoms with Crippen molar-refractivity contribution in [2.75, 3.05) is 18.8 Å². The van der Waals surface area contributed by atoms with Crippen LogP contribution in [0.15, 0.2) is 65.1 Å². The first-order valence-electron chi connectivity index (χ1n) is 11.6. The first-order chi connectivity index (χ1) is 17.4. The molecule has 2 heterocycles. The summed E-state index contributed by atoms with van der Waals surface area (Å²) in [6.45, 7) is 3.76. The van der Waals surface area contributed by atoms with E-state index in [1.165, 1.54) is 23.1 Å². The fraction of sp³-hybridized carbons (Fsp3) is 0.333. The molecule has 1 atom stereocenters. The number of nitrogens with zero attached hydrogens (tertiary/aromatic N) is 1. The number of hydrogen-bond donors (Lipinski definition) is 1. The largest absolute Gasteiger partial charge is 0.466 e. The number of allylic oxidation sites excluding steroid dienone is 2. The van der Waals surface area contributed by atoms with Gasteiger partial charge in [0.15, 0.2) is 17.3 Å². The lowest BCUT2D eigenvalue weighted by molar-refractivity contribution is -0.137. The second-order valence-electron chi connectivity index (χ2n) is 9.99. The first-order valence-corrected chi connectivity index (χ1v) is 11.6. The number of ketones is 1. The third-order valence-electron chi connectivity index (χ3n) is 6.85. The molecule has 2 aliphatic heterocycles. The van der Waals surface area contributed by atoms with Crippen molar-refractivity contribution in [2.45, 2.75) is 38.8 Å². The maximum atomic E-state index is 14.1. The molecule has 0 spiro atoms. The van der Waals surface area contributed by atoms with Gasteiger partial charge in [0.1, 0.15) is 5.82 Å². The molecule has 1 aliphatic carbocycles. The topological polar surface area (TPSA) is 91.1 Å². The highest BCUT2D eigenvalue weighted by Crippen LogP contribution is 2.52. The summed E-state index contributed by atoms with van der Waals surface area (Å²) in [6.07, 6.45) is -4.29. The molecule has 3 aliphatic rings. The van der Waals surface area contributed by atoms with Crippen molar-refractivity contribution in [1.82, 2.24) is 0 Å². The number of Topliss-reactive ketones (excluding diaryl/α,β-unsaturated/α-hetero) is 1. The summed E-state index contributed by atoms with van der Waals surface area (Å²) in [5.41, 5.74) is 5.73. The predicted molar refractivity (Wildman–Crippen MR) is 128 cm³/mol. The molecular weight excluding hydrogens is 489 g/mol. The van der Waals surface area contributed by atoms with E-state index in [0.717, 1.165) is 13.2 Å². The summed E-state index contributed by atoms with van der Waals surface area (Å²) < 4.78 is 58.2. The molecule has 5 rings (SSSR count). The number of carbonyl (C=O) groups is 2. The average Bonchev–Trinajstić information content (AvgIpc) is 3.29. The SMILES string of the molecule is COC(=O)C1=C(N)N(c2ccccc2C(F)(F)F)C2=C(C(=O)CC(C)(C)C2)C1c1ccc2c(c1)OCO2. The zero-order chi connectivity index (χ0) is 26.7. The number of esters is 1. The highest BCUT2D eigenvalue weighted by Gasteiger charge is 2.48. The van der Waals surface area contributed by atoms with E-state index in [-0.39, 0.29) is 48.1 Å². The summed E-state index contributed by atoms with van der Waals surface area (Å²) >= 11 is 0. The van der Waals surface area contributed by atoms with Crippen LogP contribution in [-0.4, -0.2) is 25.7 Å². The number of fused-ring (bicyclic) bond motifs is 1. The molecule has 0 bridgehead atoms. The third-order valence-corrected chi connectivity index (χ3v) is 6.85. The number of carbonyl (C=O) groups excluding carboxylic acids is 2. The third kappa shape index (κ3) is 4.10. The number of benzene rings is 2. The Balaban J connectivity index is 1.82. The fourth-order valence-electron chi connectivity index (χ4n) is 5.33. The molecular formula is C27H25F3N2O5. The van der Waals surface area contributed by atoms with Crippen molar-refractivity contribution < 1.29 is 37.0 Å². The van der Waals surface area contributed by atoms with Crippen LogP contribution in [-0.2, 0) is 20.5 Å². The van der Waals surface area contributed by atoms with Crippen LogP contribution < -0.4 is 20.1 Å². The Bertz CT molecular complexity index is 1380. The summed E-state index contributed by atoms with van der Waals surface area (Å²) in [5.74, 6) is -1.39. The second kappa shape index (κ2) is 8.57. The molecule has 2 aromatic carbocycles. The zero-order valence-electron chi connectivity index (χ0n) is 20.4. The van der Waals surface area contributed by atoms with Crippen molar-refractivity contribution >= 4 is 17.4 Å². The van der Waals surface area contributed by atoms with E-state index in [1.54, 1.807) is 18.2 Å². The standard InChI is InChI=1S/C27H25F3N2O5/c1-26(2)11-17-22(18(33)12-26)21(14-8-9-19-20(10-14)37-13-36-19)23(25(34)35-3)24(31)32(17)16-7-5-4-6-15(16)27(28,29)30/h4-10,21H,11-13,31H2,1-3H3. The first kappa shape index (κ1) is 24.7. The molecule has 0 saturated carbocycles. The van der Waals surface area contributed by atoms with E-state index < -0.39 is 29.0 Å². The number of hydrogen-bond acceptors (Lipinski definition) is 7. The minimum atomic E-state index is -4.70. The fourth-order valence-corrected chi connectivity index (χ4v) is 5.33. The van der Waals surface area contributed by atoms with E-state index >= 15 is 0 Å². The van der Waals surface area contributed by atoms with Gasteiger partial charge in [0.05, 0.1) is 29.9 Å². The molecule has 0 fully saturated rings. The van der Waals surface area contributed by atoms with Crippen molar-refractivity contribution in [2.24, 2.45) is 11.1 Å². The molecule has 1 unspecified atom stereocenters. The van der Waals surface area contributed by atoms with Crippen LogP contribution in [0.5, 0.6) is 11.5 Å². The van der Waals surface area contributed by atoms with Gasteiger partial charge in [0.2, 0.25) is 6.79 Å². The molecule has 2 N–H and O–H groups in total. The van der Waals surface area contributed by atoms with Gasteiger partial charge in [-0.2, -0.15) is 13.2 Å². The van der Waals surface area contributed by atoms with Gasteiger partial charge in [-0.1, -0.05) is 32.0 Å². The lowest BCUT2D eigenvalue weighted by Gasteiger charge is -2.44. The Labute approximate surface area is 211 Å². The van der Waals surface area contributed by atoms with Crippen LogP contribution >= 0.6 is 0 Å². The van der Waals surface area contributed by atoms with Crippen molar-refractivity contribution in [3.8, 4) is 11.5 Å². The highest BCUT2D eigenvalue weighted by atomic mass is 19.4. The molecule has 0 radical (unpaired) electrons. The Morgan fingerprint density at radius 2 is 1.81 bits per heavy atom. The van der Waals surface area contributed by atoms with Gasteiger partial charge in [0.25, 0.3) is 0 Å². The molecule has 2 aromatic rings. The number of ether oxygens (including phenoxy) is 3. The van der Waals surface area contributed by atoms with Gasteiger partial charge < -0.3 is 19.9 Å². The highest BCUT2D eigenvalue weighted by molar-refractivity contribution is 6.05. The molecule has 37 heavy (non-hydrogen) atoms. The van der Waals surface area contributed by atoms with Crippen molar-refractivity contribution in [1.29, 1.82) is 0 Å². The van der Waals surface area contributed by atoms with E-state index in [4.69, 9.17) is 19.9 Å². The number of alkyl halides is 3. The summed E-state index contributed by atoms with van der Waals surface area (Å²) in [4.78, 5) is 28.1. The van der Waals surface area contributed by atoms with E-state index in [1.807, 2.05) is 13.8 Å². The molecule has 0 amide bonds. The maximum Gasteiger partial charge on any atom is 0.418 e. The van der Waals surface area contributed by atoms with Gasteiger partial charge in [-0.25, -0.2) is 4.79 Å². The second-order valence-corrected chi connectivity index (χ2v) is 9.99. The number of anilines is 1. The summed E-state index contributed by atoms with van der Waals surface area (Å²) in [6, 6.07) is 9.95. The lowest BCUT2D eigenvalue weighted by Crippen LogP contribution is -2.44. The van der Waals surface area contributed by atoms with E-state index in [9.17, 15) is 22.8 Å². The van der Waals surface area contributed by atoms with E-state index in [0.29, 0.717) is 22.8 Å². The molecule has 0 saturated heterocycles. The van der Waals surface area contributed by atoms with Crippen LogP contribution in [0, 0.1) is 5.41 Å². The van der Waals surface area contributed by atoms with Gasteiger partial charge in [-0.3, -0.25) is 9.69 Å². The molecule has 10 heteroatoms. The van der Waals surface area contributed by atoms with Crippen LogP contribution in [0.25, 0.3) is 0 Å². The van der Waals surface area contributed by atoms with Crippen LogP contribution in [0.4, 0.5) is 18.9 Å². The Kier molecular flexibility index (Phi) is 5.73. The summed E-state index contributed by atoms with van der Waals surface area (Å²) in [5, 5.41) is 0. The Morgan fingerprint density at radius 1 is 1.11 bits per heavy atom. The molecule has 0 aromatic heterocycles. The molecule has 194 valence electrons. The lowest BCUT2D eigenvalue weighted by atomic mass is 9.68. The van der Waals surface area contributed by atoms with Gasteiger partial charge in [-0.15, -0.1) is 0 Å². The Morgan fingerprint density at radius 3 is 2.51 bits per heavy atom. The van der Waals surface area contributed by atoms with Crippen LogP contribution in [0.3, 0.4) is 0 Å². The number of rotatable bonds is 3. The molecule has 7 nitrogen and oxygen atoms in total. The van der Waals surface area contributed by atoms with Gasteiger partial charge >= 0.3 is 12.1 Å². The number of para-hydroxylation sites is 1. The monoisotopic (exact) mass is 514 g/mol. The maximum absolute atomic E-state index is 14.1. The number of halogens is 3. The van der Waals surface area contributed by atoms with Crippen LogP contribution in [0.2, 0.25) is 0 Å². The predicted octanol–water partition coefficient (Wildman–Crippen LogP) is 5.02. The summed E-state index contributed by atoms with van der Waals surface area (Å²) in [7, 11) is 1.16. The normalized spacial score (nSPS) is 20.8. The number of nitrogens with two attached hydrogens (primary N) is 1. The van der Waals surface area contributed by atoms with Crippen molar-refractivity contribution in [3.63, 3.8) is 0 Å². The minimum absolute atomic E-state index is 0.0222. The average molecular weight is 515 g/mol. The van der Waals surface area contributed by atoms with Crippen molar-refractivity contribution in [3.05, 3.63) is 76.3 Å². The van der Waals surface area contributed by atoms with Gasteiger partial charge in [-0.05, 0) is 41.7 Å². The van der Waals surface area contributed by atoms with Crippen LogP contribution in [0.1, 0.15) is 43.7 Å². The number of methoxy groups -OCH3 is 1. The Hall–Kier alpha value is -3.95. The zero-order valence-corrected chi connectivity index (χ0v) is 20.4. The quantitative estimate of drug-likeness (QED) is 0.575.